The number of anilines is 2. The van der Waals surface area contributed by atoms with E-state index >= 15 is 0 Å². The minimum atomic E-state index is -0.154. The number of amides is 1. The molecule has 3 rings (SSSR count). The summed E-state index contributed by atoms with van der Waals surface area (Å²) in [6.45, 7) is 3.41. The minimum absolute atomic E-state index is 0.154. The van der Waals surface area contributed by atoms with Gasteiger partial charge in [-0.3, -0.25) is 9.78 Å². The maximum atomic E-state index is 11.2. The lowest BCUT2D eigenvalue weighted by Gasteiger charge is -2.11. The summed E-state index contributed by atoms with van der Waals surface area (Å²) in [6.07, 6.45) is 3.47. The zero-order valence-corrected chi connectivity index (χ0v) is 16.1. The topological polar surface area (TPSA) is 76.1 Å². The third-order valence-corrected chi connectivity index (χ3v) is 4.62. The van der Waals surface area contributed by atoms with Gasteiger partial charge in [0.05, 0.1) is 18.5 Å². The van der Waals surface area contributed by atoms with Crippen molar-refractivity contribution in [1.29, 1.82) is 0 Å². The van der Waals surface area contributed by atoms with Crippen LogP contribution in [0.3, 0.4) is 0 Å². The summed E-state index contributed by atoms with van der Waals surface area (Å²) < 4.78 is 8.61. The number of rotatable bonds is 6. The molecule has 0 spiro atoms. The molecule has 0 fully saturated rings. The average molecular weight is 380 g/mol. The van der Waals surface area contributed by atoms with Gasteiger partial charge in [0.25, 0.3) is 0 Å². The molecule has 0 aliphatic rings. The van der Waals surface area contributed by atoms with Gasteiger partial charge >= 0.3 is 0 Å². The van der Waals surface area contributed by atoms with Crippen molar-refractivity contribution >= 4 is 29.4 Å². The van der Waals surface area contributed by atoms with E-state index in [1.54, 1.807) is 13.3 Å². The molecule has 0 radical (unpaired) electrons. The van der Waals surface area contributed by atoms with Crippen molar-refractivity contribution in [2.75, 3.05) is 17.1 Å². The average Bonchev–Trinajstić information content (AvgIpc) is 2.67. The van der Waals surface area contributed by atoms with E-state index in [1.165, 1.54) is 18.9 Å². The van der Waals surface area contributed by atoms with Crippen LogP contribution in [-0.2, 0) is 4.79 Å². The highest BCUT2D eigenvalue weighted by molar-refractivity contribution is 8.00. The lowest BCUT2D eigenvalue weighted by molar-refractivity contribution is -0.114. The number of carbonyl (C=O) groups is 1. The molecule has 3 aromatic rings. The van der Waals surface area contributed by atoms with Crippen LogP contribution in [0.25, 0.3) is 11.1 Å². The Morgan fingerprint density at radius 1 is 1.11 bits per heavy atom. The van der Waals surface area contributed by atoms with Crippen LogP contribution in [0.5, 0.6) is 5.75 Å². The van der Waals surface area contributed by atoms with Crippen LogP contribution < -0.4 is 14.8 Å². The number of hydrogen-bond donors (Lipinski definition) is 2. The van der Waals surface area contributed by atoms with E-state index in [0.717, 1.165) is 33.2 Å². The first-order chi connectivity index (χ1) is 13.0. The number of methoxy groups -OCH3 is 1. The maximum absolute atomic E-state index is 11.2. The number of benzene rings is 1. The molecule has 0 atom stereocenters. The van der Waals surface area contributed by atoms with Crippen molar-refractivity contribution in [3.63, 3.8) is 0 Å². The van der Waals surface area contributed by atoms with Gasteiger partial charge in [0, 0.05) is 29.8 Å². The van der Waals surface area contributed by atoms with Crippen LogP contribution in [0.1, 0.15) is 12.6 Å². The molecule has 2 aromatic heterocycles. The van der Waals surface area contributed by atoms with Gasteiger partial charge in [-0.05, 0) is 60.8 Å². The Hall–Kier alpha value is -3.06. The molecule has 0 aliphatic carbocycles. The van der Waals surface area contributed by atoms with Crippen LogP contribution in [0.2, 0.25) is 0 Å². The van der Waals surface area contributed by atoms with Crippen LogP contribution in [0, 0.1) is 6.92 Å². The number of pyridine rings is 2. The standard InChI is InChI=1S/C20H20N4O2S/c1-13-19(24-27-18-6-4-5-17(11-18)26-3)9-16(12-22-13)15-7-8-21-20(10-15)23-14(2)25/h4-12,24H,1-3H3,(H,21,23,25). The van der Waals surface area contributed by atoms with Crippen molar-refractivity contribution in [3.8, 4) is 16.9 Å². The number of nitrogens with zero attached hydrogens (tertiary/aromatic N) is 2. The summed E-state index contributed by atoms with van der Waals surface area (Å²) in [7, 11) is 1.65. The van der Waals surface area contributed by atoms with Crippen LogP contribution in [0.15, 0.2) is 59.8 Å². The lowest BCUT2D eigenvalue weighted by atomic mass is 10.1. The van der Waals surface area contributed by atoms with E-state index < -0.39 is 0 Å². The first-order valence-corrected chi connectivity index (χ1v) is 9.14. The normalized spacial score (nSPS) is 10.3. The highest BCUT2D eigenvalue weighted by atomic mass is 32.2. The summed E-state index contributed by atoms with van der Waals surface area (Å²) in [5.74, 6) is 1.17. The van der Waals surface area contributed by atoms with E-state index in [0.29, 0.717) is 5.82 Å². The van der Waals surface area contributed by atoms with E-state index in [2.05, 4.69) is 20.0 Å². The fraction of sp³-hybridized carbons (Fsp3) is 0.150. The number of carbonyl (C=O) groups excluding carboxylic acids is 1. The molecule has 7 heteroatoms. The Kier molecular flexibility index (Phi) is 5.93. The lowest BCUT2D eigenvalue weighted by Crippen LogP contribution is -2.07. The van der Waals surface area contributed by atoms with Gasteiger partial charge in [0.15, 0.2) is 0 Å². The summed E-state index contributed by atoms with van der Waals surface area (Å²) in [5, 5.41) is 2.70. The fourth-order valence-corrected chi connectivity index (χ4v) is 3.19. The Morgan fingerprint density at radius 2 is 1.96 bits per heavy atom. The molecule has 6 nitrogen and oxygen atoms in total. The molecule has 138 valence electrons. The van der Waals surface area contributed by atoms with Gasteiger partial charge in [0.2, 0.25) is 5.91 Å². The molecular weight excluding hydrogens is 360 g/mol. The summed E-state index contributed by atoms with van der Waals surface area (Å²) >= 11 is 1.49. The first-order valence-electron chi connectivity index (χ1n) is 8.33. The molecule has 2 heterocycles. The predicted octanol–water partition coefficient (Wildman–Crippen LogP) is 4.54. The molecule has 0 unspecified atom stereocenters. The van der Waals surface area contributed by atoms with Crippen molar-refractivity contribution in [2.24, 2.45) is 0 Å². The van der Waals surface area contributed by atoms with Gasteiger partial charge in [0.1, 0.15) is 11.6 Å². The van der Waals surface area contributed by atoms with E-state index in [-0.39, 0.29) is 5.91 Å². The first kappa shape index (κ1) is 18.7. The predicted molar refractivity (Wildman–Crippen MR) is 109 cm³/mol. The largest absolute Gasteiger partial charge is 0.497 e. The number of aryl methyl sites for hydroxylation is 1. The van der Waals surface area contributed by atoms with Gasteiger partial charge in [-0.1, -0.05) is 6.07 Å². The SMILES string of the molecule is COc1cccc(SNc2cc(-c3ccnc(NC(C)=O)c3)cnc2C)c1. The quantitative estimate of drug-likeness (QED) is 0.612. The fourth-order valence-electron chi connectivity index (χ4n) is 2.43. The monoisotopic (exact) mass is 380 g/mol. The van der Waals surface area contributed by atoms with Crippen molar-refractivity contribution in [3.05, 3.63) is 60.6 Å². The van der Waals surface area contributed by atoms with E-state index in [9.17, 15) is 4.79 Å². The molecule has 1 aromatic carbocycles. The Morgan fingerprint density at radius 3 is 2.74 bits per heavy atom. The highest BCUT2D eigenvalue weighted by Gasteiger charge is 2.07. The number of aromatic nitrogens is 2. The molecule has 0 aliphatic heterocycles. The van der Waals surface area contributed by atoms with Gasteiger partial charge < -0.3 is 14.8 Å². The molecule has 0 saturated carbocycles. The van der Waals surface area contributed by atoms with Crippen LogP contribution >= 0.6 is 11.9 Å². The smallest absolute Gasteiger partial charge is 0.222 e. The van der Waals surface area contributed by atoms with Gasteiger partial charge in [-0.15, -0.1) is 0 Å². The van der Waals surface area contributed by atoms with Gasteiger partial charge in [-0.25, -0.2) is 4.98 Å². The van der Waals surface area contributed by atoms with Crippen LogP contribution in [-0.4, -0.2) is 23.0 Å². The molecule has 1 amide bonds. The Labute approximate surface area is 162 Å². The number of hydrogen-bond acceptors (Lipinski definition) is 6. The third-order valence-electron chi connectivity index (χ3n) is 3.80. The van der Waals surface area contributed by atoms with E-state index in [4.69, 9.17) is 4.74 Å². The summed E-state index contributed by atoms with van der Waals surface area (Å²) in [6, 6.07) is 13.6. The second-order valence-electron chi connectivity index (χ2n) is 5.85. The maximum Gasteiger partial charge on any atom is 0.222 e. The zero-order valence-electron chi connectivity index (χ0n) is 15.3. The Bertz CT molecular complexity index is 962. The van der Waals surface area contributed by atoms with Crippen molar-refractivity contribution in [2.45, 2.75) is 18.7 Å². The second kappa shape index (κ2) is 8.55. The van der Waals surface area contributed by atoms with Crippen molar-refractivity contribution < 1.29 is 9.53 Å². The molecule has 2 N–H and O–H groups in total. The van der Waals surface area contributed by atoms with Crippen LogP contribution in [0.4, 0.5) is 11.5 Å². The van der Waals surface area contributed by atoms with Crippen molar-refractivity contribution in [1.82, 2.24) is 9.97 Å². The minimum Gasteiger partial charge on any atom is -0.497 e. The molecule has 0 bridgehead atoms. The molecular formula is C20H20N4O2S. The van der Waals surface area contributed by atoms with E-state index in [1.807, 2.05) is 55.6 Å². The Balaban J connectivity index is 1.81. The second-order valence-corrected chi connectivity index (χ2v) is 6.73. The number of nitrogens with one attached hydrogen (secondary N) is 2. The third kappa shape index (κ3) is 4.98. The summed E-state index contributed by atoms with van der Waals surface area (Å²) in [5.41, 5.74) is 3.67. The molecule has 0 saturated heterocycles. The van der Waals surface area contributed by atoms with Gasteiger partial charge in [-0.2, -0.15) is 0 Å². The summed E-state index contributed by atoms with van der Waals surface area (Å²) in [4.78, 5) is 20.9. The highest BCUT2D eigenvalue weighted by Crippen LogP contribution is 2.29. The number of ether oxygens (including phenoxy) is 1. The molecule has 27 heavy (non-hydrogen) atoms. The zero-order chi connectivity index (χ0) is 19.2.